The van der Waals surface area contributed by atoms with Crippen molar-refractivity contribution in [1.29, 1.82) is 0 Å². The molecule has 1 amide bonds. The molecule has 0 spiro atoms. The van der Waals surface area contributed by atoms with E-state index >= 15 is 4.39 Å². The number of thioether (sulfide) groups is 1. The third-order valence-corrected chi connectivity index (χ3v) is 7.85. The van der Waals surface area contributed by atoms with Crippen LogP contribution in [0.1, 0.15) is 46.7 Å². The standard InChI is InChI=1S/C24H26FN7O4S/c1-12-5-14(6-15(20(12)25)23(3)17-7-24(17,11-34-4)37-22(26)31-23)30-21(33)16-8-28-18(9-27-16)35-10-19-29-13(2)32-36-19/h5-6,8-9,17H,7,10-11H2,1-4H3,(H2,26,31)(H,30,33)/t17-,23+,24+/m0/s1. The van der Waals surface area contributed by atoms with E-state index in [1.54, 1.807) is 33.1 Å². The van der Waals surface area contributed by atoms with Crippen LogP contribution in [-0.2, 0) is 16.9 Å². The highest BCUT2D eigenvalue weighted by molar-refractivity contribution is 8.15. The van der Waals surface area contributed by atoms with Gasteiger partial charge in [0.2, 0.25) is 5.88 Å². The molecule has 0 saturated heterocycles. The number of amides is 1. The number of aryl methyl sites for hydroxylation is 2. The quantitative estimate of drug-likeness (QED) is 0.447. The predicted octanol–water partition coefficient (Wildman–Crippen LogP) is 3.13. The number of nitrogens with one attached hydrogen (secondary N) is 1. The van der Waals surface area contributed by atoms with E-state index in [4.69, 9.17) is 19.7 Å². The number of nitrogens with zero attached hydrogens (tertiary/aromatic N) is 5. The first-order valence-corrected chi connectivity index (χ1v) is 12.3. The molecule has 3 N–H and O–H groups in total. The number of carbonyl (C=O) groups is 1. The van der Waals surface area contributed by atoms with E-state index in [0.717, 1.165) is 6.42 Å². The fourth-order valence-corrected chi connectivity index (χ4v) is 6.23. The number of halogens is 1. The van der Waals surface area contributed by atoms with Crippen LogP contribution in [0.4, 0.5) is 10.1 Å². The van der Waals surface area contributed by atoms with E-state index in [9.17, 15) is 4.79 Å². The van der Waals surface area contributed by atoms with Gasteiger partial charge in [0.1, 0.15) is 11.5 Å². The average Bonchev–Trinajstić information content (AvgIpc) is 3.42. The summed E-state index contributed by atoms with van der Waals surface area (Å²) in [6.45, 7) is 5.75. The first-order chi connectivity index (χ1) is 17.6. The number of hydrogen-bond acceptors (Lipinski definition) is 11. The molecule has 0 bridgehead atoms. The zero-order valence-corrected chi connectivity index (χ0v) is 21.6. The second kappa shape index (κ2) is 9.38. The van der Waals surface area contributed by atoms with Gasteiger partial charge in [0, 0.05) is 24.3 Å². The molecule has 3 heterocycles. The van der Waals surface area contributed by atoms with Crippen molar-refractivity contribution in [2.24, 2.45) is 16.6 Å². The molecule has 1 aromatic carbocycles. The van der Waals surface area contributed by atoms with Gasteiger partial charge < -0.3 is 25.0 Å². The van der Waals surface area contributed by atoms with Crippen molar-refractivity contribution in [1.82, 2.24) is 20.1 Å². The first-order valence-electron chi connectivity index (χ1n) is 11.5. The highest BCUT2D eigenvalue weighted by Crippen LogP contribution is 2.66. The third-order valence-electron chi connectivity index (χ3n) is 6.57. The van der Waals surface area contributed by atoms with Crippen LogP contribution in [0.3, 0.4) is 0 Å². The van der Waals surface area contributed by atoms with E-state index in [1.807, 2.05) is 6.92 Å². The van der Waals surface area contributed by atoms with Crippen LogP contribution in [0.2, 0.25) is 0 Å². The summed E-state index contributed by atoms with van der Waals surface area (Å²) in [5.41, 5.74) is 6.50. The number of rotatable bonds is 8. The second-order valence-corrected chi connectivity index (χ2v) is 10.8. The molecule has 1 fully saturated rings. The van der Waals surface area contributed by atoms with Crippen LogP contribution in [0.15, 0.2) is 34.0 Å². The molecule has 13 heteroatoms. The number of nitrogens with two attached hydrogens (primary N) is 1. The van der Waals surface area contributed by atoms with Gasteiger partial charge in [-0.3, -0.25) is 9.79 Å². The van der Waals surface area contributed by atoms with Gasteiger partial charge in [0.05, 0.1) is 29.3 Å². The lowest BCUT2D eigenvalue weighted by Crippen LogP contribution is -2.37. The summed E-state index contributed by atoms with van der Waals surface area (Å²) >= 11 is 1.48. The predicted molar refractivity (Wildman–Crippen MR) is 134 cm³/mol. The molecule has 37 heavy (non-hydrogen) atoms. The summed E-state index contributed by atoms with van der Waals surface area (Å²) < 4.78 is 31.1. The van der Waals surface area contributed by atoms with E-state index in [1.165, 1.54) is 24.2 Å². The van der Waals surface area contributed by atoms with E-state index in [2.05, 4.69) is 30.4 Å². The Hall–Kier alpha value is -3.58. The molecule has 2 aliphatic rings. The highest BCUT2D eigenvalue weighted by atomic mass is 32.2. The molecule has 0 unspecified atom stereocenters. The van der Waals surface area contributed by atoms with Crippen molar-refractivity contribution < 1.29 is 23.2 Å². The molecule has 1 aliphatic heterocycles. The summed E-state index contributed by atoms with van der Waals surface area (Å²) in [7, 11) is 1.64. The number of anilines is 1. The van der Waals surface area contributed by atoms with Gasteiger partial charge in [-0.2, -0.15) is 4.98 Å². The topological polar surface area (TPSA) is 151 Å². The molecule has 3 aromatic rings. The summed E-state index contributed by atoms with van der Waals surface area (Å²) in [6.07, 6.45) is 3.41. The van der Waals surface area contributed by atoms with Crippen molar-refractivity contribution >= 4 is 28.5 Å². The third kappa shape index (κ3) is 4.76. The van der Waals surface area contributed by atoms with Crippen LogP contribution >= 0.6 is 11.8 Å². The highest BCUT2D eigenvalue weighted by Gasteiger charge is 2.66. The van der Waals surface area contributed by atoms with Crippen molar-refractivity contribution in [2.45, 2.75) is 44.1 Å². The van der Waals surface area contributed by atoms with Gasteiger partial charge in [0.15, 0.2) is 17.6 Å². The molecule has 2 aromatic heterocycles. The van der Waals surface area contributed by atoms with Gasteiger partial charge in [-0.15, -0.1) is 0 Å². The van der Waals surface area contributed by atoms with Crippen LogP contribution < -0.4 is 15.8 Å². The minimum absolute atomic E-state index is 0.0234. The Morgan fingerprint density at radius 1 is 1.32 bits per heavy atom. The Morgan fingerprint density at radius 2 is 2.14 bits per heavy atom. The smallest absolute Gasteiger partial charge is 0.275 e. The van der Waals surface area contributed by atoms with Crippen LogP contribution in [0.25, 0.3) is 0 Å². The number of methoxy groups -OCH3 is 1. The van der Waals surface area contributed by atoms with Gasteiger partial charge in [-0.05, 0) is 44.9 Å². The molecule has 0 radical (unpaired) electrons. The van der Waals surface area contributed by atoms with Crippen molar-refractivity contribution in [3.8, 4) is 5.88 Å². The molecular formula is C24H26FN7O4S. The van der Waals surface area contributed by atoms with E-state index < -0.39 is 11.4 Å². The molecular weight excluding hydrogens is 501 g/mol. The monoisotopic (exact) mass is 527 g/mol. The molecule has 5 rings (SSSR count). The number of aromatic nitrogens is 4. The Balaban J connectivity index is 1.33. The number of fused-ring (bicyclic) bond motifs is 1. The van der Waals surface area contributed by atoms with Crippen LogP contribution in [0, 0.1) is 25.6 Å². The summed E-state index contributed by atoms with van der Waals surface area (Å²) in [4.78, 5) is 29.8. The van der Waals surface area contributed by atoms with Gasteiger partial charge in [-0.25, -0.2) is 14.4 Å². The van der Waals surface area contributed by atoms with Crippen molar-refractivity contribution in [3.63, 3.8) is 0 Å². The lowest BCUT2D eigenvalue weighted by atomic mass is 9.84. The number of aliphatic imine (C=N–C) groups is 1. The summed E-state index contributed by atoms with van der Waals surface area (Å²) in [6, 6.07) is 3.18. The van der Waals surface area contributed by atoms with Crippen LogP contribution in [-0.4, -0.2) is 49.6 Å². The number of hydrogen-bond donors (Lipinski definition) is 2. The molecule has 3 atom stereocenters. The maximum Gasteiger partial charge on any atom is 0.275 e. The van der Waals surface area contributed by atoms with Crippen molar-refractivity contribution in [2.75, 3.05) is 19.0 Å². The Morgan fingerprint density at radius 3 is 2.81 bits per heavy atom. The first kappa shape index (κ1) is 25.1. The second-order valence-electron chi connectivity index (χ2n) is 9.33. The molecule has 1 aliphatic carbocycles. The minimum Gasteiger partial charge on any atom is -0.466 e. The largest absolute Gasteiger partial charge is 0.466 e. The van der Waals surface area contributed by atoms with E-state index in [-0.39, 0.29) is 34.7 Å². The average molecular weight is 528 g/mol. The molecule has 194 valence electrons. The number of amidine groups is 1. The lowest BCUT2D eigenvalue weighted by molar-refractivity contribution is 0.102. The van der Waals surface area contributed by atoms with Crippen molar-refractivity contribution in [3.05, 3.63) is 58.9 Å². The number of ether oxygens (including phenoxy) is 2. The maximum absolute atomic E-state index is 15.4. The Bertz CT molecular complexity index is 1380. The van der Waals surface area contributed by atoms with Gasteiger partial charge in [-0.1, -0.05) is 16.9 Å². The lowest BCUT2D eigenvalue weighted by Gasteiger charge is -2.34. The maximum atomic E-state index is 15.4. The van der Waals surface area contributed by atoms with E-state index in [0.29, 0.717) is 40.3 Å². The fraction of sp³-hybridized carbons (Fsp3) is 0.417. The summed E-state index contributed by atoms with van der Waals surface area (Å²) in [5, 5.41) is 6.86. The normalized spacial score (nSPS) is 24.2. The zero-order chi connectivity index (χ0) is 26.4. The molecule has 11 nitrogen and oxygen atoms in total. The van der Waals surface area contributed by atoms with Gasteiger partial charge in [0.25, 0.3) is 11.8 Å². The van der Waals surface area contributed by atoms with Gasteiger partial charge >= 0.3 is 0 Å². The molecule has 1 saturated carbocycles. The Labute approximate surface area is 216 Å². The number of benzene rings is 1. The SMILES string of the molecule is COC[C@]12C[C@H]1[C@@](C)(c1cc(NC(=O)c3cnc(OCc4nc(C)no4)cn3)cc(C)c1F)N=C(N)S2. The fourth-order valence-electron chi connectivity index (χ4n) is 4.78. The number of carbonyl (C=O) groups excluding carboxylic acids is 1. The summed E-state index contributed by atoms with van der Waals surface area (Å²) in [5.74, 6) is 0.150. The Kier molecular flexibility index (Phi) is 6.36. The zero-order valence-electron chi connectivity index (χ0n) is 20.7. The van der Waals surface area contributed by atoms with Crippen LogP contribution in [0.5, 0.6) is 5.88 Å². The minimum atomic E-state index is -0.890.